The number of fused-ring (bicyclic) bond motifs is 1. The predicted octanol–water partition coefficient (Wildman–Crippen LogP) is 0.909. The summed E-state index contributed by atoms with van der Waals surface area (Å²) in [6.45, 7) is 1.52. The maximum Gasteiger partial charge on any atom is 0.314 e. The quantitative estimate of drug-likeness (QED) is 0.663. The number of carbonyl (C=O) groups excluding carboxylic acids is 2. The minimum Gasteiger partial charge on any atom is -0.318 e. The largest absolute Gasteiger partial charge is 0.318 e. The van der Waals surface area contributed by atoms with Gasteiger partial charge in [0.2, 0.25) is 0 Å². The number of aryl methyl sites for hydroxylation is 1. The lowest BCUT2D eigenvalue weighted by molar-refractivity contribution is -0.132. The zero-order valence-corrected chi connectivity index (χ0v) is 14.9. The van der Waals surface area contributed by atoms with Gasteiger partial charge in [0.25, 0.3) is 0 Å². The van der Waals surface area contributed by atoms with Crippen molar-refractivity contribution in [1.82, 2.24) is 24.5 Å². The van der Waals surface area contributed by atoms with Crippen LogP contribution in [0.1, 0.15) is 0 Å². The molecular weight excluding hydrogens is 334 g/mol. The van der Waals surface area contributed by atoms with Crippen molar-refractivity contribution >= 4 is 34.1 Å². The summed E-state index contributed by atoms with van der Waals surface area (Å²) < 4.78 is 3.41. The molecule has 0 atom stereocenters. The molecule has 0 saturated carbocycles. The molecule has 0 unspecified atom stereocenters. The molecule has 1 aromatic carbocycles. The Morgan fingerprint density at radius 1 is 1.08 bits per heavy atom. The highest BCUT2D eigenvalue weighted by Gasteiger charge is 2.15. The van der Waals surface area contributed by atoms with E-state index >= 15 is 0 Å². The van der Waals surface area contributed by atoms with E-state index in [0.29, 0.717) is 17.9 Å². The highest BCUT2D eigenvalue weighted by molar-refractivity contribution is 6.43. The fraction of sp³-hybridized carbons (Fsp3) is 0.294. The number of carbonyl (C=O) groups is 2. The van der Waals surface area contributed by atoms with Crippen molar-refractivity contribution in [2.24, 2.45) is 7.05 Å². The lowest BCUT2D eigenvalue weighted by atomic mass is 10.2. The third-order valence-electron chi connectivity index (χ3n) is 3.88. The van der Waals surface area contributed by atoms with Crippen molar-refractivity contribution in [3.8, 4) is 0 Å². The van der Waals surface area contributed by atoms with E-state index in [1.807, 2.05) is 32.1 Å². The van der Waals surface area contributed by atoms with Gasteiger partial charge in [0.05, 0.1) is 30.1 Å². The first kappa shape index (κ1) is 17.6. The highest BCUT2D eigenvalue weighted by atomic mass is 16.2. The molecule has 2 amide bonds. The standard InChI is InChI=1S/C17H21N7O2/c1-22(2)6-7-24-11-14(10-19-24)21-17(26)16(25)20-13-5-4-12-9-18-23(3)15(12)8-13/h4-5,8-11H,6-7H2,1-3H3,(H,20,25)(H,21,26). The van der Waals surface area contributed by atoms with Gasteiger partial charge in [0.15, 0.2) is 0 Å². The summed E-state index contributed by atoms with van der Waals surface area (Å²) in [4.78, 5) is 26.2. The Bertz CT molecular complexity index is 942. The molecule has 0 aliphatic heterocycles. The Labute approximate surface area is 150 Å². The number of hydrogen-bond donors (Lipinski definition) is 2. The SMILES string of the molecule is CN(C)CCn1cc(NC(=O)C(=O)Nc2ccc3cnn(C)c3c2)cn1. The van der Waals surface area contributed by atoms with E-state index in [1.165, 1.54) is 6.20 Å². The van der Waals surface area contributed by atoms with E-state index in [4.69, 9.17) is 0 Å². The highest BCUT2D eigenvalue weighted by Crippen LogP contribution is 2.18. The van der Waals surface area contributed by atoms with Gasteiger partial charge in [-0.2, -0.15) is 10.2 Å². The zero-order valence-electron chi connectivity index (χ0n) is 14.9. The number of amides is 2. The molecule has 2 aromatic heterocycles. The Morgan fingerprint density at radius 3 is 2.54 bits per heavy atom. The zero-order chi connectivity index (χ0) is 18.7. The van der Waals surface area contributed by atoms with Crippen molar-refractivity contribution in [3.05, 3.63) is 36.8 Å². The van der Waals surface area contributed by atoms with E-state index < -0.39 is 11.8 Å². The smallest absolute Gasteiger partial charge is 0.314 e. The molecule has 2 heterocycles. The van der Waals surface area contributed by atoms with E-state index in [1.54, 1.807) is 33.9 Å². The van der Waals surface area contributed by atoms with Gasteiger partial charge in [-0.3, -0.25) is 19.0 Å². The predicted molar refractivity (Wildman–Crippen MR) is 98.8 cm³/mol. The van der Waals surface area contributed by atoms with Crippen LogP contribution in [-0.4, -0.2) is 56.9 Å². The third-order valence-corrected chi connectivity index (χ3v) is 3.88. The molecular formula is C17H21N7O2. The van der Waals surface area contributed by atoms with Crippen LogP contribution >= 0.6 is 0 Å². The third kappa shape index (κ3) is 4.06. The minimum absolute atomic E-state index is 0.478. The van der Waals surface area contributed by atoms with Gasteiger partial charge >= 0.3 is 11.8 Å². The molecule has 136 valence electrons. The van der Waals surface area contributed by atoms with Gasteiger partial charge in [-0.15, -0.1) is 0 Å². The van der Waals surface area contributed by atoms with Crippen LogP contribution in [0.25, 0.3) is 10.9 Å². The second-order valence-electron chi connectivity index (χ2n) is 6.25. The first-order valence-electron chi connectivity index (χ1n) is 8.13. The summed E-state index contributed by atoms with van der Waals surface area (Å²) in [7, 11) is 5.76. The van der Waals surface area contributed by atoms with Crippen LogP contribution in [-0.2, 0) is 23.2 Å². The lowest BCUT2D eigenvalue weighted by Crippen LogP contribution is -2.28. The number of nitrogens with zero attached hydrogens (tertiary/aromatic N) is 5. The van der Waals surface area contributed by atoms with Crippen molar-refractivity contribution in [1.29, 1.82) is 0 Å². The van der Waals surface area contributed by atoms with Gasteiger partial charge in [-0.1, -0.05) is 0 Å². The van der Waals surface area contributed by atoms with E-state index in [2.05, 4.69) is 20.8 Å². The van der Waals surface area contributed by atoms with Crippen LogP contribution in [0.15, 0.2) is 36.8 Å². The fourth-order valence-corrected chi connectivity index (χ4v) is 2.45. The molecule has 0 spiro atoms. The Kier molecular flexibility index (Phi) is 4.99. The summed E-state index contributed by atoms with van der Waals surface area (Å²) in [6, 6.07) is 5.34. The molecule has 3 aromatic rings. The molecule has 0 saturated heterocycles. The van der Waals surface area contributed by atoms with Gasteiger partial charge in [0.1, 0.15) is 0 Å². The molecule has 3 rings (SSSR count). The first-order valence-corrected chi connectivity index (χ1v) is 8.13. The summed E-state index contributed by atoms with van der Waals surface area (Å²) >= 11 is 0. The molecule has 0 aliphatic rings. The van der Waals surface area contributed by atoms with Gasteiger partial charge < -0.3 is 15.5 Å². The van der Waals surface area contributed by atoms with Crippen LogP contribution in [0.2, 0.25) is 0 Å². The van der Waals surface area contributed by atoms with Crippen molar-refractivity contribution in [2.75, 3.05) is 31.3 Å². The van der Waals surface area contributed by atoms with E-state index in [-0.39, 0.29) is 0 Å². The molecule has 0 aliphatic carbocycles. The Balaban J connectivity index is 1.60. The van der Waals surface area contributed by atoms with Crippen LogP contribution in [0, 0.1) is 0 Å². The number of benzene rings is 1. The molecule has 9 heteroatoms. The summed E-state index contributed by atoms with van der Waals surface area (Å²) in [5, 5.41) is 14.4. The van der Waals surface area contributed by atoms with Crippen LogP contribution in [0.3, 0.4) is 0 Å². The van der Waals surface area contributed by atoms with E-state index in [9.17, 15) is 9.59 Å². The average Bonchev–Trinajstić information content (AvgIpc) is 3.20. The monoisotopic (exact) mass is 355 g/mol. The van der Waals surface area contributed by atoms with Crippen molar-refractivity contribution in [3.63, 3.8) is 0 Å². The number of aromatic nitrogens is 4. The molecule has 9 nitrogen and oxygen atoms in total. The number of rotatable bonds is 5. The topological polar surface area (TPSA) is 97.1 Å². The maximum absolute atomic E-state index is 12.1. The van der Waals surface area contributed by atoms with Gasteiger partial charge in [-0.25, -0.2) is 0 Å². The minimum atomic E-state index is -0.748. The Morgan fingerprint density at radius 2 is 1.81 bits per heavy atom. The van der Waals surface area contributed by atoms with Crippen LogP contribution < -0.4 is 10.6 Å². The second kappa shape index (κ2) is 7.36. The van der Waals surface area contributed by atoms with Crippen molar-refractivity contribution < 1.29 is 9.59 Å². The number of hydrogen-bond acceptors (Lipinski definition) is 5. The van der Waals surface area contributed by atoms with Crippen LogP contribution in [0.5, 0.6) is 0 Å². The van der Waals surface area contributed by atoms with E-state index in [0.717, 1.165) is 17.4 Å². The van der Waals surface area contributed by atoms with Gasteiger partial charge in [0, 0.05) is 30.9 Å². The number of anilines is 2. The lowest BCUT2D eigenvalue weighted by Gasteiger charge is -2.08. The second-order valence-corrected chi connectivity index (χ2v) is 6.25. The molecule has 26 heavy (non-hydrogen) atoms. The molecule has 0 radical (unpaired) electrons. The Hall–Kier alpha value is -3.20. The average molecular weight is 355 g/mol. The summed E-state index contributed by atoms with van der Waals surface area (Å²) in [5.74, 6) is -1.49. The summed E-state index contributed by atoms with van der Waals surface area (Å²) in [5.41, 5.74) is 1.87. The number of likely N-dealkylation sites (N-methyl/N-ethyl adjacent to an activating group) is 1. The first-order chi connectivity index (χ1) is 12.4. The normalized spacial score (nSPS) is 11.1. The van der Waals surface area contributed by atoms with Crippen LogP contribution in [0.4, 0.5) is 11.4 Å². The molecule has 0 fully saturated rings. The number of nitrogens with one attached hydrogen (secondary N) is 2. The fourth-order valence-electron chi connectivity index (χ4n) is 2.45. The molecule has 2 N–H and O–H groups in total. The summed E-state index contributed by atoms with van der Waals surface area (Å²) in [6.07, 6.45) is 4.94. The maximum atomic E-state index is 12.1. The van der Waals surface area contributed by atoms with Crippen molar-refractivity contribution in [2.45, 2.75) is 6.54 Å². The van der Waals surface area contributed by atoms with Gasteiger partial charge in [-0.05, 0) is 32.3 Å². The molecule has 0 bridgehead atoms.